The number of rotatable bonds is 6. The number of thiazole rings is 1. The van der Waals surface area contributed by atoms with Crippen molar-refractivity contribution in [2.75, 3.05) is 40.5 Å². The smallest absolute Gasteiger partial charge is 0.279 e. The van der Waals surface area contributed by atoms with E-state index in [1.807, 2.05) is 45.3 Å². The van der Waals surface area contributed by atoms with E-state index in [0.29, 0.717) is 60.3 Å². The molecule has 0 spiro atoms. The van der Waals surface area contributed by atoms with Crippen LogP contribution in [0.3, 0.4) is 0 Å². The van der Waals surface area contributed by atoms with E-state index in [-0.39, 0.29) is 11.8 Å². The number of hydrogen-bond acceptors (Lipinski definition) is 6. The average Bonchev–Trinajstić information content (AvgIpc) is 3.29. The molecule has 4 rings (SSSR count). The number of hydrogen-bond donors (Lipinski definition) is 0. The van der Waals surface area contributed by atoms with Gasteiger partial charge in [0.05, 0.1) is 27.4 Å². The molecule has 0 saturated carbocycles. The fourth-order valence-electron chi connectivity index (χ4n) is 3.58. The monoisotopic (exact) mass is 467 g/mol. The lowest BCUT2D eigenvalue weighted by atomic mass is 10.1. The van der Waals surface area contributed by atoms with Crippen molar-refractivity contribution in [3.05, 3.63) is 75.5 Å². The molecule has 172 valence electrons. The van der Waals surface area contributed by atoms with Crippen LogP contribution in [0.25, 0.3) is 0 Å². The zero-order valence-electron chi connectivity index (χ0n) is 18.5. The Morgan fingerprint density at radius 1 is 1.03 bits per heavy atom. The highest BCUT2D eigenvalue weighted by molar-refractivity contribution is 7.07. The molecule has 0 bridgehead atoms. The van der Waals surface area contributed by atoms with Gasteiger partial charge in [0.15, 0.2) is 16.3 Å². The van der Waals surface area contributed by atoms with Crippen molar-refractivity contribution in [3.63, 3.8) is 0 Å². The van der Waals surface area contributed by atoms with Crippen LogP contribution in [0.1, 0.15) is 26.3 Å². The first-order valence-corrected chi connectivity index (χ1v) is 11.4. The predicted octanol–water partition coefficient (Wildman–Crippen LogP) is 2.83. The molecule has 3 aromatic rings. The van der Waals surface area contributed by atoms with Gasteiger partial charge in [0.25, 0.3) is 11.8 Å². The molecule has 1 saturated heterocycles. The molecular formula is C24H25N3O5S. The van der Waals surface area contributed by atoms with Crippen LogP contribution in [-0.4, -0.2) is 61.8 Å². The SMILES string of the molecule is COc1ccc(C(=O)N=c2sccn2Cc2cccc(C(=O)N3CCOCC3)c2)cc1OC. The summed E-state index contributed by atoms with van der Waals surface area (Å²) in [5.41, 5.74) is 2.00. The summed E-state index contributed by atoms with van der Waals surface area (Å²) in [4.78, 5) is 32.3. The molecule has 0 atom stereocenters. The van der Waals surface area contributed by atoms with Crippen LogP contribution in [0, 0.1) is 0 Å². The van der Waals surface area contributed by atoms with Gasteiger partial charge in [-0.3, -0.25) is 9.59 Å². The fourth-order valence-corrected chi connectivity index (χ4v) is 4.30. The summed E-state index contributed by atoms with van der Waals surface area (Å²) >= 11 is 1.37. The topological polar surface area (TPSA) is 82.4 Å². The van der Waals surface area contributed by atoms with E-state index in [1.54, 1.807) is 25.3 Å². The molecule has 2 heterocycles. The summed E-state index contributed by atoms with van der Waals surface area (Å²) in [6, 6.07) is 12.5. The Labute approximate surface area is 195 Å². The molecular weight excluding hydrogens is 442 g/mol. The summed E-state index contributed by atoms with van der Waals surface area (Å²) < 4.78 is 17.7. The third kappa shape index (κ3) is 5.32. The number of amides is 2. The molecule has 8 nitrogen and oxygen atoms in total. The van der Waals surface area contributed by atoms with Crippen LogP contribution in [0.2, 0.25) is 0 Å². The first-order chi connectivity index (χ1) is 16.1. The van der Waals surface area contributed by atoms with Gasteiger partial charge < -0.3 is 23.7 Å². The van der Waals surface area contributed by atoms with Crippen molar-refractivity contribution < 1.29 is 23.8 Å². The van der Waals surface area contributed by atoms with Crippen molar-refractivity contribution in [1.82, 2.24) is 9.47 Å². The van der Waals surface area contributed by atoms with Gasteiger partial charge >= 0.3 is 0 Å². The van der Waals surface area contributed by atoms with Gasteiger partial charge in [-0.2, -0.15) is 4.99 Å². The van der Waals surface area contributed by atoms with Gasteiger partial charge in [-0.15, -0.1) is 11.3 Å². The Morgan fingerprint density at radius 2 is 1.82 bits per heavy atom. The van der Waals surface area contributed by atoms with Crippen LogP contribution in [0.4, 0.5) is 0 Å². The standard InChI is InChI=1S/C24H25N3O5S/c1-30-20-7-6-18(15-21(20)31-2)22(28)25-24-27(10-13-33-24)16-17-4-3-5-19(14-17)23(29)26-8-11-32-12-9-26/h3-7,10,13-15H,8-9,11-12,16H2,1-2H3. The van der Waals surface area contributed by atoms with E-state index < -0.39 is 0 Å². The highest BCUT2D eigenvalue weighted by Crippen LogP contribution is 2.27. The van der Waals surface area contributed by atoms with Crippen LogP contribution < -0.4 is 14.3 Å². The lowest BCUT2D eigenvalue weighted by Crippen LogP contribution is -2.40. The predicted molar refractivity (Wildman–Crippen MR) is 124 cm³/mol. The summed E-state index contributed by atoms with van der Waals surface area (Å²) in [5, 5.41) is 1.88. The Hall–Kier alpha value is -3.43. The van der Waals surface area contributed by atoms with Crippen molar-refractivity contribution in [2.24, 2.45) is 4.99 Å². The lowest BCUT2D eigenvalue weighted by Gasteiger charge is -2.27. The summed E-state index contributed by atoms with van der Waals surface area (Å²) in [7, 11) is 3.07. The molecule has 0 unspecified atom stereocenters. The second kappa shape index (κ2) is 10.5. The molecule has 0 radical (unpaired) electrons. The third-order valence-corrected chi connectivity index (χ3v) is 6.11. The lowest BCUT2D eigenvalue weighted by molar-refractivity contribution is 0.0303. The molecule has 0 aliphatic carbocycles. The highest BCUT2D eigenvalue weighted by Gasteiger charge is 2.18. The maximum atomic E-state index is 12.8. The maximum Gasteiger partial charge on any atom is 0.279 e. The Bertz CT molecular complexity index is 1210. The zero-order chi connectivity index (χ0) is 23.2. The maximum absolute atomic E-state index is 12.8. The number of carbonyl (C=O) groups excluding carboxylic acids is 2. The minimum Gasteiger partial charge on any atom is -0.493 e. The molecule has 9 heteroatoms. The van der Waals surface area contributed by atoms with Crippen LogP contribution >= 0.6 is 11.3 Å². The van der Waals surface area contributed by atoms with Gasteiger partial charge in [-0.25, -0.2) is 0 Å². The molecule has 0 N–H and O–H groups in total. The molecule has 1 aliphatic rings. The fraction of sp³-hybridized carbons (Fsp3) is 0.292. The number of ether oxygens (including phenoxy) is 3. The van der Waals surface area contributed by atoms with Gasteiger partial charge in [-0.1, -0.05) is 12.1 Å². The number of aromatic nitrogens is 1. The quantitative estimate of drug-likeness (QED) is 0.557. The molecule has 2 amide bonds. The van der Waals surface area contributed by atoms with Gasteiger partial charge in [0.2, 0.25) is 0 Å². The second-order valence-corrected chi connectivity index (χ2v) is 8.28. The first kappa shape index (κ1) is 22.8. The molecule has 1 fully saturated rings. The van der Waals surface area contributed by atoms with Crippen LogP contribution in [0.15, 0.2) is 59.0 Å². The molecule has 1 aromatic heterocycles. The number of benzene rings is 2. The minimum absolute atomic E-state index is 0.00371. The van der Waals surface area contributed by atoms with Gasteiger partial charge in [-0.05, 0) is 35.9 Å². The van der Waals surface area contributed by atoms with E-state index in [9.17, 15) is 9.59 Å². The Balaban J connectivity index is 1.54. The van der Waals surface area contributed by atoms with Crippen LogP contribution in [-0.2, 0) is 11.3 Å². The molecule has 1 aliphatic heterocycles. The van der Waals surface area contributed by atoms with E-state index in [0.717, 1.165) is 5.56 Å². The summed E-state index contributed by atoms with van der Waals surface area (Å²) in [5.74, 6) is 0.651. The number of nitrogens with zero attached hydrogens (tertiary/aromatic N) is 3. The van der Waals surface area contributed by atoms with Crippen molar-refractivity contribution in [2.45, 2.75) is 6.54 Å². The van der Waals surface area contributed by atoms with E-state index >= 15 is 0 Å². The Kier molecular flexibility index (Phi) is 7.21. The number of carbonyl (C=O) groups is 2. The normalized spacial score (nSPS) is 14.2. The zero-order valence-corrected chi connectivity index (χ0v) is 19.3. The summed E-state index contributed by atoms with van der Waals surface area (Å²) in [6.07, 6.45) is 1.88. The van der Waals surface area contributed by atoms with E-state index in [4.69, 9.17) is 14.2 Å². The number of methoxy groups -OCH3 is 2. The van der Waals surface area contributed by atoms with Crippen molar-refractivity contribution in [1.29, 1.82) is 0 Å². The average molecular weight is 468 g/mol. The van der Waals surface area contributed by atoms with Crippen LogP contribution in [0.5, 0.6) is 11.5 Å². The second-order valence-electron chi connectivity index (χ2n) is 7.41. The third-order valence-electron chi connectivity index (χ3n) is 5.31. The Morgan fingerprint density at radius 3 is 2.58 bits per heavy atom. The summed E-state index contributed by atoms with van der Waals surface area (Å²) in [6.45, 7) is 2.82. The van der Waals surface area contributed by atoms with Gasteiger partial charge in [0.1, 0.15) is 0 Å². The highest BCUT2D eigenvalue weighted by atomic mass is 32.1. The van der Waals surface area contributed by atoms with Gasteiger partial charge in [0, 0.05) is 42.3 Å². The van der Waals surface area contributed by atoms with Crippen molar-refractivity contribution >= 4 is 23.2 Å². The van der Waals surface area contributed by atoms with E-state index in [1.165, 1.54) is 18.4 Å². The van der Waals surface area contributed by atoms with E-state index in [2.05, 4.69) is 4.99 Å². The first-order valence-electron chi connectivity index (χ1n) is 10.5. The minimum atomic E-state index is -0.372. The number of morpholine rings is 1. The van der Waals surface area contributed by atoms with Crippen molar-refractivity contribution in [3.8, 4) is 11.5 Å². The molecule has 33 heavy (non-hydrogen) atoms. The largest absolute Gasteiger partial charge is 0.493 e. The molecule has 2 aromatic carbocycles.